The van der Waals surface area contributed by atoms with Gasteiger partial charge in [-0.2, -0.15) is 13.2 Å². The van der Waals surface area contributed by atoms with E-state index in [0.717, 1.165) is 0 Å². The standard InChI is InChI=1S/C25H21ClF3N7O2/c1-24(14-3-5-15(26)6-4-14)18-20(30-10-12-38-2)33-19(34-21(18)35-23(24)37)17-13-36-11-9-31-22(36)16(32-17)7-8-25(27,28)29/h3,5,9,11,13H,7-8,10,12H2,1-2H3,(H2,30,33,34,35,37). The Bertz CT molecular complexity index is 1580. The number of fused-ring (bicyclic) bond motifs is 2. The summed E-state index contributed by atoms with van der Waals surface area (Å²) in [6.45, 7) is 2.44. The fourth-order valence-corrected chi connectivity index (χ4v) is 4.44. The Labute approximate surface area is 219 Å². The van der Waals surface area contributed by atoms with E-state index in [9.17, 15) is 18.0 Å². The Hall–Kier alpha value is -3.95. The molecule has 1 aliphatic heterocycles. The maximum absolute atomic E-state index is 13.3. The van der Waals surface area contributed by atoms with Gasteiger partial charge in [-0.15, -0.1) is 0 Å². The van der Waals surface area contributed by atoms with Crippen molar-refractivity contribution in [1.29, 1.82) is 0 Å². The fourth-order valence-electron chi connectivity index (χ4n) is 4.33. The topological polar surface area (TPSA) is 106 Å². The Kier molecular flexibility index (Phi) is 6.58. The minimum atomic E-state index is -4.35. The molecule has 0 spiro atoms. The number of amides is 1. The number of aryl methyl sites for hydroxylation is 1. The summed E-state index contributed by atoms with van der Waals surface area (Å²) in [5, 5.41) is 6.35. The summed E-state index contributed by atoms with van der Waals surface area (Å²) in [6.07, 6.45) is 2.19. The van der Waals surface area contributed by atoms with Crippen LogP contribution in [0.5, 0.6) is 0 Å². The number of hydrogen-bond acceptors (Lipinski definition) is 7. The molecule has 0 aromatic carbocycles. The van der Waals surface area contributed by atoms with Crippen LogP contribution in [0.25, 0.3) is 17.2 Å². The minimum Gasteiger partial charge on any atom is -0.383 e. The molecule has 196 valence electrons. The van der Waals surface area contributed by atoms with Crippen LogP contribution in [-0.2, 0) is 21.4 Å². The number of hydrogen-bond donors (Lipinski definition) is 2. The third-order valence-corrected chi connectivity index (χ3v) is 6.48. The quantitative estimate of drug-likeness (QED) is 0.322. The van der Waals surface area contributed by atoms with Crippen molar-refractivity contribution in [3.05, 3.63) is 64.1 Å². The van der Waals surface area contributed by atoms with Gasteiger partial charge in [-0.1, -0.05) is 17.3 Å². The highest BCUT2D eigenvalue weighted by atomic mass is 35.5. The van der Waals surface area contributed by atoms with Crippen LogP contribution in [0.3, 0.4) is 0 Å². The van der Waals surface area contributed by atoms with E-state index in [4.69, 9.17) is 16.3 Å². The van der Waals surface area contributed by atoms with E-state index in [0.29, 0.717) is 40.8 Å². The van der Waals surface area contributed by atoms with Gasteiger partial charge in [-0.25, -0.2) is 19.9 Å². The van der Waals surface area contributed by atoms with Gasteiger partial charge in [0.25, 0.3) is 0 Å². The van der Waals surface area contributed by atoms with Crippen LogP contribution in [0.1, 0.15) is 24.6 Å². The van der Waals surface area contributed by atoms with Crippen molar-refractivity contribution >= 4 is 34.8 Å². The summed E-state index contributed by atoms with van der Waals surface area (Å²) in [4.78, 5) is 31.1. The van der Waals surface area contributed by atoms with Gasteiger partial charge >= 0.3 is 6.18 Å². The van der Waals surface area contributed by atoms with Crippen LogP contribution >= 0.6 is 11.6 Å². The van der Waals surface area contributed by atoms with Gasteiger partial charge in [-0.05, 0) is 24.8 Å². The first-order chi connectivity index (χ1) is 18.1. The van der Waals surface area contributed by atoms with Crippen LogP contribution in [0.15, 0.2) is 52.8 Å². The lowest BCUT2D eigenvalue weighted by Crippen LogP contribution is -2.33. The largest absolute Gasteiger partial charge is 0.389 e. The molecular formula is C25H21ClF3N7O2. The lowest BCUT2D eigenvalue weighted by atomic mass is 9.77. The Balaban J connectivity index is 1.65. The molecule has 0 saturated carbocycles. The van der Waals surface area contributed by atoms with Gasteiger partial charge in [0.05, 0.1) is 22.9 Å². The van der Waals surface area contributed by atoms with E-state index >= 15 is 0 Å². The normalized spacial score (nSPS) is 18.4. The summed E-state index contributed by atoms with van der Waals surface area (Å²) in [7, 11) is 1.55. The molecule has 0 bridgehead atoms. The van der Waals surface area contributed by atoms with Crippen LogP contribution in [-0.4, -0.2) is 56.7 Å². The number of carbonyl (C=O) groups excluding carboxylic acids is 1. The Morgan fingerprint density at radius 2 is 2.05 bits per heavy atom. The molecule has 2 aliphatic rings. The molecule has 3 aromatic heterocycles. The second-order valence-electron chi connectivity index (χ2n) is 8.81. The average molecular weight is 544 g/mol. The van der Waals surface area contributed by atoms with Crippen molar-refractivity contribution in [2.45, 2.75) is 31.4 Å². The predicted molar refractivity (Wildman–Crippen MR) is 134 cm³/mol. The van der Waals surface area contributed by atoms with E-state index < -0.39 is 18.0 Å². The third kappa shape index (κ3) is 4.70. The number of nitrogens with one attached hydrogen (secondary N) is 2. The smallest absolute Gasteiger partial charge is 0.383 e. The SMILES string of the molecule is COCCNc1nc(-c2cn3ccnc3c(CCC(F)(F)F)n2)nc2c1C(C)(C1=C=C=C(Cl)C=C1)C(=O)N2. The number of alkyl halides is 3. The van der Waals surface area contributed by atoms with Crippen molar-refractivity contribution in [3.8, 4) is 11.5 Å². The third-order valence-electron chi connectivity index (χ3n) is 6.26. The van der Waals surface area contributed by atoms with E-state index in [1.807, 2.05) is 0 Å². The number of ether oxygens (including phenoxy) is 1. The van der Waals surface area contributed by atoms with Gasteiger partial charge < -0.3 is 19.8 Å². The number of nitrogens with zero attached hydrogens (tertiary/aromatic N) is 5. The summed E-state index contributed by atoms with van der Waals surface area (Å²) < 4.78 is 45.6. The molecule has 2 N–H and O–H groups in total. The van der Waals surface area contributed by atoms with Crippen molar-refractivity contribution in [3.63, 3.8) is 0 Å². The maximum Gasteiger partial charge on any atom is 0.389 e. The number of aromatic nitrogens is 5. The molecule has 0 fully saturated rings. The van der Waals surface area contributed by atoms with Crippen molar-refractivity contribution < 1.29 is 22.7 Å². The molecule has 38 heavy (non-hydrogen) atoms. The molecule has 3 aromatic rings. The molecule has 1 unspecified atom stereocenters. The van der Waals surface area contributed by atoms with E-state index in [1.165, 1.54) is 6.20 Å². The number of carbonyl (C=O) groups is 1. The van der Waals surface area contributed by atoms with Crippen LogP contribution in [0.2, 0.25) is 0 Å². The van der Waals surface area contributed by atoms with Gasteiger partial charge in [0.2, 0.25) is 5.91 Å². The van der Waals surface area contributed by atoms with Gasteiger partial charge in [0.1, 0.15) is 22.7 Å². The first-order valence-electron chi connectivity index (χ1n) is 11.6. The highest BCUT2D eigenvalue weighted by molar-refractivity contribution is 6.31. The molecule has 0 saturated heterocycles. The van der Waals surface area contributed by atoms with E-state index in [-0.39, 0.29) is 35.4 Å². The van der Waals surface area contributed by atoms with Crippen LogP contribution in [0.4, 0.5) is 24.8 Å². The summed E-state index contributed by atoms with van der Waals surface area (Å²) in [6, 6.07) is 0. The van der Waals surface area contributed by atoms with Crippen molar-refractivity contribution in [2.75, 3.05) is 30.9 Å². The van der Waals surface area contributed by atoms with Gasteiger partial charge in [0, 0.05) is 50.7 Å². The zero-order chi connectivity index (χ0) is 27.1. The molecule has 13 heteroatoms. The molecule has 5 rings (SSSR count). The average Bonchev–Trinajstić information content (AvgIpc) is 3.45. The second-order valence-corrected chi connectivity index (χ2v) is 9.22. The molecule has 0 radical (unpaired) electrons. The lowest BCUT2D eigenvalue weighted by molar-refractivity contribution is -0.134. The lowest BCUT2D eigenvalue weighted by Gasteiger charge is -2.24. The fraction of sp³-hybridized carbons (Fsp3) is 0.320. The molecule has 1 amide bonds. The number of rotatable bonds is 8. The molecule has 4 heterocycles. The van der Waals surface area contributed by atoms with E-state index in [2.05, 4.69) is 42.0 Å². The molecular weight excluding hydrogens is 523 g/mol. The van der Waals surface area contributed by atoms with Crippen LogP contribution in [0, 0.1) is 0 Å². The number of halogens is 4. The first kappa shape index (κ1) is 25.7. The zero-order valence-corrected chi connectivity index (χ0v) is 21.0. The molecule has 9 nitrogen and oxygen atoms in total. The second kappa shape index (κ2) is 9.74. The predicted octanol–water partition coefficient (Wildman–Crippen LogP) is 4.32. The highest BCUT2D eigenvalue weighted by Crippen LogP contribution is 2.46. The molecule has 1 atom stereocenters. The summed E-state index contributed by atoms with van der Waals surface area (Å²) in [5.41, 5.74) is 6.19. The monoisotopic (exact) mass is 543 g/mol. The van der Waals surface area contributed by atoms with Crippen molar-refractivity contribution in [2.24, 2.45) is 0 Å². The maximum atomic E-state index is 13.3. The Morgan fingerprint density at radius 1 is 1.24 bits per heavy atom. The highest BCUT2D eigenvalue weighted by Gasteiger charge is 2.49. The number of imidazole rings is 1. The zero-order valence-electron chi connectivity index (χ0n) is 20.3. The summed E-state index contributed by atoms with van der Waals surface area (Å²) in [5.74, 6) is 0.346. The number of methoxy groups -OCH3 is 1. The van der Waals surface area contributed by atoms with E-state index in [1.54, 1.807) is 43.0 Å². The van der Waals surface area contributed by atoms with Crippen molar-refractivity contribution in [1.82, 2.24) is 24.3 Å². The van der Waals surface area contributed by atoms with Crippen LogP contribution < -0.4 is 10.6 Å². The minimum absolute atomic E-state index is 0.115. The molecule has 1 aliphatic carbocycles. The Morgan fingerprint density at radius 3 is 2.76 bits per heavy atom. The van der Waals surface area contributed by atoms with Gasteiger partial charge in [0.15, 0.2) is 11.5 Å². The number of anilines is 2. The van der Waals surface area contributed by atoms with Gasteiger partial charge in [-0.3, -0.25) is 4.79 Å². The summed E-state index contributed by atoms with van der Waals surface area (Å²) >= 11 is 5.98. The number of allylic oxidation sites excluding steroid dienone is 3. The first-order valence-corrected chi connectivity index (χ1v) is 11.9.